The molecule has 0 radical (unpaired) electrons. The molecule has 0 atom stereocenters. The van der Waals surface area contributed by atoms with Gasteiger partial charge in [-0.05, 0) is 43.0 Å². The molecule has 0 amide bonds. The average Bonchev–Trinajstić information content (AvgIpc) is 2.36. The smallest absolute Gasteiger partial charge is 0.240 e. The molecule has 0 heterocycles. The summed E-state index contributed by atoms with van der Waals surface area (Å²) in [5, 5.41) is 0. The molecule has 1 aromatic rings. The van der Waals surface area contributed by atoms with E-state index in [0.717, 1.165) is 17.5 Å². The fourth-order valence-electron chi connectivity index (χ4n) is 1.66. The summed E-state index contributed by atoms with van der Waals surface area (Å²) in [7, 11) is -3.44. The predicted octanol–water partition coefficient (Wildman–Crippen LogP) is 1.63. The zero-order valence-electron chi connectivity index (χ0n) is 12.2. The van der Waals surface area contributed by atoms with Crippen LogP contribution in [0.15, 0.2) is 23.1 Å². The van der Waals surface area contributed by atoms with Gasteiger partial charge in [0, 0.05) is 12.1 Å². The average molecular weight is 294 g/mol. The molecule has 1 rings (SSSR count). The van der Waals surface area contributed by atoms with Gasteiger partial charge in [0.15, 0.2) is 0 Å². The van der Waals surface area contributed by atoms with Crippen LogP contribution in [0.2, 0.25) is 0 Å². The second-order valence-electron chi connectivity index (χ2n) is 5.06. The third kappa shape index (κ3) is 4.97. The van der Waals surface area contributed by atoms with E-state index in [2.05, 4.69) is 30.4 Å². The Labute approximate surface area is 121 Å². The minimum absolute atomic E-state index is 0.275. The number of nitrogens with one attached hydrogen (secondary N) is 1. The van der Waals surface area contributed by atoms with Crippen LogP contribution in [0.4, 0.5) is 0 Å². The van der Waals surface area contributed by atoms with E-state index in [4.69, 9.17) is 5.73 Å². The molecule has 20 heavy (non-hydrogen) atoms. The van der Waals surface area contributed by atoms with Gasteiger partial charge in [-0.3, -0.25) is 0 Å². The molecule has 0 saturated carbocycles. The Balaban J connectivity index is 2.88. The third-order valence-electron chi connectivity index (χ3n) is 2.85. The van der Waals surface area contributed by atoms with Crippen LogP contribution in [0.1, 0.15) is 31.4 Å². The monoisotopic (exact) mass is 294 g/mol. The first-order chi connectivity index (χ1) is 9.36. The van der Waals surface area contributed by atoms with Crippen LogP contribution >= 0.6 is 0 Å². The number of hydrogen-bond acceptors (Lipinski definition) is 3. The van der Waals surface area contributed by atoms with Crippen molar-refractivity contribution in [2.24, 2.45) is 11.7 Å². The maximum Gasteiger partial charge on any atom is 0.240 e. The molecular formula is C15H22N2O2S. The lowest BCUT2D eigenvalue weighted by Crippen LogP contribution is -2.25. The van der Waals surface area contributed by atoms with Crippen molar-refractivity contribution in [3.05, 3.63) is 29.3 Å². The number of aryl methyl sites for hydroxylation is 1. The van der Waals surface area contributed by atoms with Crippen LogP contribution in [0.25, 0.3) is 0 Å². The molecule has 0 spiro atoms. The van der Waals surface area contributed by atoms with E-state index < -0.39 is 10.0 Å². The molecule has 110 valence electrons. The van der Waals surface area contributed by atoms with E-state index in [9.17, 15) is 8.42 Å². The van der Waals surface area contributed by atoms with Gasteiger partial charge in [0.25, 0.3) is 0 Å². The Hall–Kier alpha value is -1.35. The standard InChI is InChI=1S/C15H22N2O2S/c1-12(2)8-10-17-20(18,19)15-7-6-14(5-4-9-16)13(3)11-15/h6-7,11-12,17H,8-10,16H2,1-3H3. The summed E-state index contributed by atoms with van der Waals surface area (Å²) < 4.78 is 26.9. The quantitative estimate of drug-likeness (QED) is 0.811. The van der Waals surface area contributed by atoms with Gasteiger partial charge in [-0.15, -0.1) is 0 Å². The Bertz CT molecular complexity index is 610. The number of nitrogens with two attached hydrogens (primary N) is 1. The summed E-state index contributed by atoms with van der Waals surface area (Å²) in [4.78, 5) is 0.275. The molecule has 0 aliphatic carbocycles. The second-order valence-corrected chi connectivity index (χ2v) is 6.83. The highest BCUT2D eigenvalue weighted by Gasteiger charge is 2.14. The van der Waals surface area contributed by atoms with Gasteiger partial charge in [0.1, 0.15) is 0 Å². The van der Waals surface area contributed by atoms with E-state index in [-0.39, 0.29) is 11.4 Å². The van der Waals surface area contributed by atoms with Crippen LogP contribution in [0.3, 0.4) is 0 Å². The zero-order valence-corrected chi connectivity index (χ0v) is 13.0. The molecule has 3 N–H and O–H groups in total. The van der Waals surface area contributed by atoms with Gasteiger partial charge in [0.05, 0.1) is 11.4 Å². The van der Waals surface area contributed by atoms with Crippen LogP contribution in [0, 0.1) is 24.7 Å². The molecular weight excluding hydrogens is 272 g/mol. The van der Waals surface area contributed by atoms with Gasteiger partial charge < -0.3 is 5.73 Å². The first kappa shape index (κ1) is 16.7. The van der Waals surface area contributed by atoms with Crippen LogP contribution in [0.5, 0.6) is 0 Å². The minimum Gasteiger partial charge on any atom is -0.320 e. The Morgan fingerprint density at radius 2 is 2.05 bits per heavy atom. The normalized spacial score (nSPS) is 11.2. The van der Waals surface area contributed by atoms with Crippen molar-refractivity contribution in [1.29, 1.82) is 0 Å². The van der Waals surface area contributed by atoms with E-state index in [1.165, 1.54) is 0 Å². The Kier molecular flexibility index (Phi) is 6.21. The van der Waals surface area contributed by atoms with Crippen molar-refractivity contribution in [2.45, 2.75) is 32.1 Å². The largest absolute Gasteiger partial charge is 0.320 e. The van der Waals surface area contributed by atoms with Crippen LogP contribution in [-0.4, -0.2) is 21.5 Å². The van der Waals surface area contributed by atoms with Crippen molar-refractivity contribution in [3.8, 4) is 11.8 Å². The number of sulfonamides is 1. The van der Waals surface area contributed by atoms with Crippen molar-refractivity contribution in [2.75, 3.05) is 13.1 Å². The SMILES string of the molecule is Cc1cc(S(=O)(=O)NCCC(C)C)ccc1C#CCN. The lowest BCUT2D eigenvalue weighted by molar-refractivity contribution is 0.551. The fourth-order valence-corrected chi connectivity index (χ4v) is 2.79. The highest BCUT2D eigenvalue weighted by Crippen LogP contribution is 2.15. The lowest BCUT2D eigenvalue weighted by Gasteiger charge is -2.09. The van der Waals surface area contributed by atoms with Crippen LogP contribution in [-0.2, 0) is 10.0 Å². The van der Waals surface area contributed by atoms with Crippen molar-refractivity contribution >= 4 is 10.0 Å². The molecule has 0 aliphatic rings. The molecule has 0 aromatic heterocycles. The fraction of sp³-hybridized carbons (Fsp3) is 0.467. The summed E-state index contributed by atoms with van der Waals surface area (Å²) in [6.07, 6.45) is 0.818. The number of hydrogen-bond donors (Lipinski definition) is 2. The Morgan fingerprint density at radius 1 is 1.35 bits per heavy atom. The van der Waals surface area contributed by atoms with E-state index in [0.29, 0.717) is 12.5 Å². The predicted molar refractivity (Wildman–Crippen MR) is 81.8 cm³/mol. The summed E-state index contributed by atoms with van der Waals surface area (Å²) >= 11 is 0. The molecule has 0 aliphatic heterocycles. The second kappa shape index (κ2) is 7.44. The first-order valence-corrected chi connectivity index (χ1v) is 8.14. The van der Waals surface area contributed by atoms with Gasteiger partial charge in [-0.1, -0.05) is 25.7 Å². The van der Waals surface area contributed by atoms with Crippen molar-refractivity contribution < 1.29 is 8.42 Å². The lowest BCUT2D eigenvalue weighted by atomic mass is 10.1. The highest BCUT2D eigenvalue weighted by atomic mass is 32.2. The first-order valence-electron chi connectivity index (χ1n) is 6.66. The van der Waals surface area contributed by atoms with Gasteiger partial charge in [0.2, 0.25) is 10.0 Å². The maximum absolute atomic E-state index is 12.1. The minimum atomic E-state index is -3.44. The van der Waals surface area contributed by atoms with E-state index >= 15 is 0 Å². The van der Waals surface area contributed by atoms with Gasteiger partial charge >= 0.3 is 0 Å². The maximum atomic E-state index is 12.1. The van der Waals surface area contributed by atoms with Crippen LogP contribution < -0.4 is 10.5 Å². The zero-order chi connectivity index (χ0) is 15.2. The molecule has 1 aromatic carbocycles. The highest BCUT2D eigenvalue weighted by molar-refractivity contribution is 7.89. The van der Waals surface area contributed by atoms with Crippen molar-refractivity contribution in [3.63, 3.8) is 0 Å². The molecule has 0 bridgehead atoms. The summed E-state index contributed by atoms with van der Waals surface area (Å²) in [6, 6.07) is 4.93. The molecule has 0 unspecified atom stereocenters. The van der Waals surface area contributed by atoms with Gasteiger partial charge in [-0.25, -0.2) is 13.1 Å². The topological polar surface area (TPSA) is 72.2 Å². The van der Waals surface area contributed by atoms with E-state index in [1.54, 1.807) is 18.2 Å². The van der Waals surface area contributed by atoms with E-state index in [1.807, 2.05) is 6.92 Å². The summed E-state index contributed by atoms with van der Waals surface area (Å²) in [5.74, 6) is 6.15. The number of rotatable bonds is 5. The summed E-state index contributed by atoms with van der Waals surface area (Å²) in [5.41, 5.74) is 6.96. The van der Waals surface area contributed by atoms with Crippen molar-refractivity contribution in [1.82, 2.24) is 4.72 Å². The van der Waals surface area contributed by atoms with Gasteiger partial charge in [-0.2, -0.15) is 0 Å². The summed E-state index contributed by atoms with van der Waals surface area (Å²) in [6.45, 7) is 6.70. The molecule has 4 nitrogen and oxygen atoms in total. The Morgan fingerprint density at radius 3 is 2.60 bits per heavy atom. The molecule has 0 saturated heterocycles. The third-order valence-corrected chi connectivity index (χ3v) is 4.31. The molecule has 0 fully saturated rings. The number of benzene rings is 1. The molecule has 5 heteroatoms.